The van der Waals surface area contributed by atoms with Crippen molar-refractivity contribution >= 4 is 11.3 Å². The highest BCUT2D eigenvalue weighted by atomic mass is 32.1. The lowest BCUT2D eigenvalue weighted by atomic mass is 10.1. The standard InChI is InChI=1S/C18H24N2O3S/c1-14-4-3-5-16(8-14)23-12-18(21)10-20(6-7-22-11-18)9-17-15(2)19-13-24-17/h3-5,8,13,21H,6-7,9-12H2,1-2H3. The summed E-state index contributed by atoms with van der Waals surface area (Å²) in [5.74, 6) is 0.775. The van der Waals surface area contributed by atoms with E-state index < -0.39 is 5.60 Å². The molecular weight excluding hydrogens is 324 g/mol. The van der Waals surface area contributed by atoms with Crippen LogP contribution in [0.25, 0.3) is 0 Å². The molecule has 1 unspecified atom stereocenters. The number of benzene rings is 1. The molecule has 24 heavy (non-hydrogen) atoms. The highest BCUT2D eigenvalue weighted by Crippen LogP contribution is 2.21. The van der Waals surface area contributed by atoms with Crippen molar-refractivity contribution in [1.82, 2.24) is 9.88 Å². The second-order valence-corrected chi connectivity index (χ2v) is 7.39. The average Bonchev–Trinajstić information content (AvgIpc) is 2.85. The number of aryl methyl sites for hydroxylation is 2. The first-order chi connectivity index (χ1) is 11.5. The molecule has 1 atom stereocenters. The zero-order chi connectivity index (χ0) is 17.0. The first-order valence-corrected chi connectivity index (χ1v) is 9.03. The molecule has 0 bridgehead atoms. The van der Waals surface area contributed by atoms with Gasteiger partial charge < -0.3 is 14.6 Å². The molecule has 1 aliphatic heterocycles. The van der Waals surface area contributed by atoms with E-state index >= 15 is 0 Å². The number of thiazole rings is 1. The van der Waals surface area contributed by atoms with Crippen LogP contribution in [0.5, 0.6) is 5.75 Å². The molecule has 3 rings (SSSR count). The molecule has 1 saturated heterocycles. The van der Waals surface area contributed by atoms with E-state index in [4.69, 9.17) is 9.47 Å². The second kappa shape index (κ2) is 7.61. The van der Waals surface area contributed by atoms with Crippen molar-refractivity contribution in [2.24, 2.45) is 0 Å². The monoisotopic (exact) mass is 348 g/mol. The van der Waals surface area contributed by atoms with Crippen LogP contribution in [-0.2, 0) is 11.3 Å². The number of rotatable bonds is 5. The van der Waals surface area contributed by atoms with Crippen LogP contribution in [0.4, 0.5) is 0 Å². The van der Waals surface area contributed by atoms with Crippen LogP contribution in [0, 0.1) is 13.8 Å². The van der Waals surface area contributed by atoms with E-state index in [1.165, 1.54) is 4.88 Å². The van der Waals surface area contributed by atoms with Crippen LogP contribution >= 0.6 is 11.3 Å². The first kappa shape index (κ1) is 17.4. The summed E-state index contributed by atoms with van der Waals surface area (Å²) in [6.45, 7) is 7.27. The number of aromatic nitrogens is 1. The van der Waals surface area contributed by atoms with Crippen molar-refractivity contribution in [3.63, 3.8) is 0 Å². The maximum absolute atomic E-state index is 10.9. The topological polar surface area (TPSA) is 54.8 Å². The van der Waals surface area contributed by atoms with Crippen molar-refractivity contribution in [1.29, 1.82) is 0 Å². The number of hydrogen-bond acceptors (Lipinski definition) is 6. The van der Waals surface area contributed by atoms with Crippen molar-refractivity contribution in [3.8, 4) is 5.75 Å². The fourth-order valence-electron chi connectivity index (χ4n) is 2.82. The Morgan fingerprint density at radius 1 is 1.42 bits per heavy atom. The second-order valence-electron chi connectivity index (χ2n) is 6.45. The van der Waals surface area contributed by atoms with E-state index in [2.05, 4.69) is 9.88 Å². The molecule has 2 heterocycles. The number of hydrogen-bond donors (Lipinski definition) is 1. The number of nitrogens with zero attached hydrogens (tertiary/aromatic N) is 2. The summed E-state index contributed by atoms with van der Waals surface area (Å²) in [6, 6.07) is 7.86. The molecule has 5 nitrogen and oxygen atoms in total. The smallest absolute Gasteiger partial charge is 0.134 e. The summed E-state index contributed by atoms with van der Waals surface area (Å²) in [5, 5.41) is 10.9. The van der Waals surface area contributed by atoms with E-state index in [1.54, 1.807) is 11.3 Å². The third kappa shape index (κ3) is 4.54. The molecule has 1 N–H and O–H groups in total. The van der Waals surface area contributed by atoms with Crippen LogP contribution in [0.3, 0.4) is 0 Å². The predicted molar refractivity (Wildman–Crippen MR) is 94.6 cm³/mol. The lowest BCUT2D eigenvalue weighted by Gasteiger charge is -2.30. The van der Waals surface area contributed by atoms with E-state index in [-0.39, 0.29) is 13.2 Å². The highest BCUT2D eigenvalue weighted by Gasteiger charge is 2.33. The third-order valence-corrected chi connectivity index (χ3v) is 5.07. The Kier molecular flexibility index (Phi) is 5.50. The van der Waals surface area contributed by atoms with Crippen LogP contribution in [0.1, 0.15) is 16.1 Å². The molecule has 0 spiro atoms. The predicted octanol–water partition coefficient (Wildman–Crippen LogP) is 2.40. The number of aliphatic hydroxyl groups is 1. The molecule has 0 amide bonds. The van der Waals surface area contributed by atoms with E-state index in [9.17, 15) is 5.11 Å². The van der Waals surface area contributed by atoms with Gasteiger partial charge in [-0.2, -0.15) is 0 Å². The number of β-amino-alcohol motifs (C(OH)–C–C–N with tert-alkyl or cyclic N) is 1. The van der Waals surface area contributed by atoms with Crippen molar-refractivity contribution in [2.45, 2.75) is 26.0 Å². The Hall–Kier alpha value is -1.47. The van der Waals surface area contributed by atoms with Gasteiger partial charge in [-0.1, -0.05) is 12.1 Å². The minimum atomic E-state index is -1.02. The minimum absolute atomic E-state index is 0.217. The lowest BCUT2D eigenvalue weighted by molar-refractivity contribution is -0.0646. The van der Waals surface area contributed by atoms with Gasteiger partial charge in [0, 0.05) is 24.5 Å². The Bertz CT molecular complexity index is 676. The Labute approximate surface area is 146 Å². The van der Waals surface area contributed by atoms with Gasteiger partial charge in [-0.15, -0.1) is 11.3 Å². The van der Waals surface area contributed by atoms with Crippen molar-refractivity contribution in [3.05, 3.63) is 45.9 Å². The van der Waals surface area contributed by atoms with E-state index in [1.807, 2.05) is 43.6 Å². The van der Waals surface area contributed by atoms with Crippen LogP contribution < -0.4 is 4.74 Å². The van der Waals surface area contributed by atoms with Gasteiger partial charge in [-0.05, 0) is 31.5 Å². The van der Waals surface area contributed by atoms with Crippen molar-refractivity contribution in [2.75, 3.05) is 32.9 Å². The summed E-state index contributed by atoms with van der Waals surface area (Å²) < 4.78 is 11.4. The molecule has 1 aromatic carbocycles. The van der Waals surface area contributed by atoms with Crippen LogP contribution in [-0.4, -0.2) is 53.5 Å². The van der Waals surface area contributed by atoms with Gasteiger partial charge in [0.25, 0.3) is 0 Å². The Morgan fingerprint density at radius 2 is 2.29 bits per heavy atom. The molecule has 0 saturated carbocycles. The Morgan fingerprint density at radius 3 is 3.04 bits per heavy atom. The summed E-state index contributed by atoms with van der Waals surface area (Å²) in [5.41, 5.74) is 3.05. The fraction of sp³-hybridized carbons (Fsp3) is 0.500. The highest BCUT2D eigenvalue weighted by molar-refractivity contribution is 7.09. The summed E-state index contributed by atoms with van der Waals surface area (Å²) in [6.07, 6.45) is 0. The molecule has 1 aromatic heterocycles. The van der Waals surface area contributed by atoms with Gasteiger partial charge in [-0.25, -0.2) is 4.98 Å². The van der Waals surface area contributed by atoms with Gasteiger partial charge >= 0.3 is 0 Å². The van der Waals surface area contributed by atoms with Gasteiger partial charge in [0.15, 0.2) is 0 Å². The average molecular weight is 348 g/mol. The largest absolute Gasteiger partial charge is 0.490 e. The quantitative estimate of drug-likeness (QED) is 0.899. The van der Waals surface area contributed by atoms with Crippen LogP contribution in [0.15, 0.2) is 29.8 Å². The normalized spacial score (nSPS) is 22.3. The zero-order valence-corrected chi connectivity index (χ0v) is 15.0. The van der Waals surface area contributed by atoms with Gasteiger partial charge in [-0.3, -0.25) is 4.90 Å². The van der Waals surface area contributed by atoms with Gasteiger partial charge in [0.05, 0.1) is 24.4 Å². The minimum Gasteiger partial charge on any atom is -0.490 e. The fourth-order valence-corrected chi connectivity index (χ4v) is 3.64. The molecule has 1 fully saturated rings. The molecule has 0 aliphatic carbocycles. The first-order valence-electron chi connectivity index (χ1n) is 8.15. The maximum Gasteiger partial charge on any atom is 0.134 e. The SMILES string of the molecule is Cc1cccc(OCC2(O)COCCN(Cc3scnc3C)C2)c1. The molecular formula is C18H24N2O3S. The van der Waals surface area contributed by atoms with E-state index in [0.29, 0.717) is 13.2 Å². The van der Waals surface area contributed by atoms with Gasteiger partial charge in [0.2, 0.25) is 0 Å². The zero-order valence-electron chi connectivity index (χ0n) is 14.2. The summed E-state index contributed by atoms with van der Waals surface area (Å²) >= 11 is 1.66. The third-order valence-electron chi connectivity index (χ3n) is 4.15. The molecule has 2 aromatic rings. The molecule has 1 aliphatic rings. The number of ether oxygens (including phenoxy) is 2. The van der Waals surface area contributed by atoms with Gasteiger partial charge in [0.1, 0.15) is 18.0 Å². The summed E-state index contributed by atoms with van der Waals surface area (Å²) in [7, 11) is 0. The molecule has 130 valence electrons. The van der Waals surface area contributed by atoms with Crippen LogP contribution in [0.2, 0.25) is 0 Å². The Balaban J connectivity index is 1.63. The molecule has 6 heteroatoms. The summed E-state index contributed by atoms with van der Waals surface area (Å²) in [4.78, 5) is 7.75. The maximum atomic E-state index is 10.9. The van der Waals surface area contributed by atoms with E-state index in [0.717, 1.165) is 30.1 Å². The lowest BCUT2D eigenvalue weighted by Crippen LogP contribution is -2.48. The molecule has 0 radical (unpaired) electrons. The van der Waals surface area contributed by atoms with Crippen molar-refractivity contribution < 1.29 is 14.6 Å².